The van der Waals surface area contributed by atoms with E-state index in [1.54, 1.807) is 24.4 Å². The average molecular weight is 318 g/mol. The summed E-state index contributed by atoms with van der Waals surface area (Å²) in [4.78, 5) is 12.0. The van der Waals surface area contributed by atoms with E-state index in [-0.39, 0.29) is 24.4 Å². The molecule has 6 nitrogen and oxygen atoms in total. The smallest absolute Gasteiger partial charge is 0.320 e. The number of hydrogen-bond acceptors (Lipinski definition) is 3. The van der Waals surface area contributed by atoms with Crippen LogP contribution in [-0.2, 0) is 0 Å². The molecule has 1 fully saturated rings. The first kappa shape index (κ1) is 15.5. The summed E-state index contributed by atoms with van der Waals surface area (Å²) in [7, 11) is 0. The molecule has 3 rings (SSSR count). The molecule has 1 saturated carbocycles. The molecule has 2 amide bonds. The number of hydrogen-bond donors (Lipinski definition) is 3. The predicted octanol–water partition coefficient (Wildman–Crippen LogP) is 2.15. The van der Waals surface area contributed by atoms with Crippen LogP contribution in [0.1, 0.15) is 12.8 Å². The molecule has 1 atom stereocenters. The minimum atomic E-state index is -0.354. The molecular formula is C16H19FN4O2. The number of aliphatic hydroxyl groups is 1. The third-order valence-electron chi connectivity index (χ3n) is 4.00. The molecule has 3 N–H and O–H groups in total. The van der Waals surface area contributed by atoms with Crippen molar-refractivity contribution >= 4 is 11.8 Å². The van der Waals surface area contributed by atoms with Crippen molar-refractivity contribution < 1.29 is 14.3 Å². The van der Waals surface area contributed by atoms with Crippen molar-refractivity contribution in [2.45, 2.75) is 12.8 Å². The van der Waals surface area contributed by atoms with Crippen molar-refractivity contribution in [2.24, 2.45) is 11.8 Å². The maximum absolute atomic E-state index is 13.0. The molecule has 1 aromatic heterocycles. The maximum Gasteiger partial charge on any atom is 0.320 e. The van der Waals surface area contributed by atoms with E-state index in [1.165, 1.54) is 16.8 Å². The van der Waals surface area contributed by atoms with Crippen molar-refractivity contribution in [3.8, 4) is 5.69 Å². The SMILES string of the molecule is O=C(NCC(CO)C1CC1)Nc1ccnn1-c1ccc(F)cc1. The second-order valence-corrected chi connectivity index (χ2v) is 5.72. The maximum atomic E-state index is 13.0. The Morgan fingerprint density at radius 3 is 2.74 bits per heavy atom. The Labute approximate surface area is 133 Å². The Kier molecular flexibility index (Phi) is 4.57. The first-order chi connectivity index (χ1) is 11.2. The second kappa shape index (κ2) is 6.78. The highest BCUT2D eigenvalue weighted by molar-refractivity contribution is 5.88. The van der Waals surface area contributed by atoms with Crippen LogP contribution in [0.25, 0.3) is 5.69 Å². The lowest BCUT2D eigenvalue weighted by atomic mass is 10.1. The van der Waals surface area contributed by atoms with E-state index >= 15 is 0 Å². The van der Waals surface area contributed by atoms with Gasteiger partial charge in [-0.3, -0.25) is 5.32 Å². The van der Waals surface area contributed by atoms with Gasteiger partial charge in [-0.15, -0.1) is 0 Å². The van der Waals surface area contributed by atoms with Gasteiger partial charge in [-0.2, -0.15) is 5.10 Å². The number of anilines is 1. The van der Waals surface area contributed by atoms with Crippen LogP contribution >= 0.6 is 0 Å². The van der Waals surface area contributed by atoms with E-state index in [0.717, 1.165) is 12.8 Å². The van der Waals surface area contributed by atoms with E-state index in [0.29, 0.717) is 24.0 Å². The van der Waals surface area contributed by atoms with Gasteiger partial charge in [0, 0.05) is 25.1 Å². The number of carbonyl (C=O) groups excluding carboxylic acids is 1. The number of carbonyl (C=O) groups is 1. The normalized spacial score (nSPS) is 15.2. The molecular weight excluding hydrogens is 299 g/mol. The number of aliphatic hydroxyl groups excluding tert-OH is 1. The van der Waals surface area contributed by atoms with Crippen LogP contribution in [0.3, 0.4) is 0 Å². The zero-order valence-corrected chi connectivity index (χ0v) is 12.6. The third-order valence-corrected chi connectivity index (χ3v) is 4.00. The quantitative estimate of drug-likeness (QED) is 0.763. The summed E-state index contributed by atoms with van der Waals surface area (Å²) in [6.45, 7) is 0.524. The van der Waals surface area contributed by atoms with E-state index in [9.17, 15) is 14.3 Å². The molecule has 1 aromatic carbocycles. The number of halogens is 1. The number of rotatable bonds is 6. The van der Waals surface area contributed by atoms with Gasteiger partial charge in [0.15, 0.2) is 0 Å². The first-order valence-corrected chi connectivity index (χ1v) is 7.63. The molecule has 23 heavy (non-hydrogen) atoms. The fourth-order valence-electron chi connectivity index (χ4n) is 2.52. The Hall–Kier alpha value is -2.41. The lowest BCUT2D eigenvalue weighted by Gasteiger charge is -2.15. The van der Waals surface area contributed by atoms with Gasteiger partial charge in [-0.25, -0.2) is 13.9 Å². The fraction of sp³-hybridized carbons (Fsp3) is 0.375. The van der Waals surface area contributed by atoms with E-state index in [1.807, 2.05) is 0 Å². The molecule has 0 radical (unpaired) electrons. The number of nitrogens with zero attached hydrogens (tertiary/aromatic N) is 2. The summed E-state index contributed by atoms with van der Waals surface area (Å²) in [5.41, 5.74) is 0.651. The lowest BCUT2D eigenvalue weighted by Crippen LogP contribution is -2.35. The Bertz CT molecular complexity index is 667. The molecule has 0 spiro atoms. The van der Waals surface area contributed by atoms with Gasteiger partial charge in [-0.1, -0.05) is 0 Å². The van der Waals surface area contributed by atoms with Crippen molar-refractivity contribution in [3.05, 3.63) is 42.3 Å². The fourth-order valence-corrected chi connectivity index (χ4v) is 2.52. The lowest BCUT2D eigenvalue weighted by molar-refractivity contribution is 0.204. The molecule has 7 heteroatoms. The van der Waals surface area contributed by atoms with Crippen LogP contribution in [0.5, 0.6) is 0 Å². The molecule has 0 aliphatic heterocycles. The molecule has 122 valence electrons. The van der Waals surface area contributed by atoms with Crippen LogP contribution in [0.2, 0.25) is 0 Å². The highest BCUT2D eigenvalue weighted by Gasteiger charge is 2.30. The standard InChI is InChI=1S/C16H19FN4O2/c17-13-3-5-14(6-4-13)21-15(7-8-19-21)20-16(23)18-9-12(10-22)11-1-2-11/h3-8,11-12,22H,1-2,9-10H2,(H2,18,20,23). The zero-order chi connectivity index (χ0) is 16.2. The third kappa shape index (κ3) is 3.87. The van der Waals surface area contributed by atoms with E-state index < -0.39 is 0 Å². The van der Waals surface area contributed by atoms with E-state index in [4.69, 9.17) is 0 Å². The van der Waals surface area contributed by atoms with Crippen LogP contribution in [0, 0.1) is 17.7 Å². The van der Waals surface area contributed by atoms with Crippen molar-refractivity contribution in [3.63, 3.8) is 0 Å². The van der Waals surface area contributed by atoms with E-state index in [2.05, 4.69) is 15.7 Å². The Morgan fingerprint density at radius 1 is 1.35 bits per heavy atom. The average Bonchev–Trinajstić information content (AvgIpc) is 3.28. The van der Waals surface area contributed by atoms with Gasteiger partial charge in [-0.05, 0) is 43.0 Å². The van der Waals surface area contributed by atoms with Crippen LogP contribution in [-0.4, -0.2) is 34.1 Å². The van der Waals surface area contributed by atoms with Crippen LogP contribution in [0.15, 0.2) is 36.5 Å². The van der Waals surface area contributed by atoms with Gasteiger partial charge in [0.1, 0.15) is 11.6 Å². The van der Waals surface area contributed by atoms with Crippen molar-refractivity contribution in [1.29, 1.82) is 0 Å². The number of urea groups is 1. The highest BCUT2D eigenvalue weighted by Crippen LogP contribution is 2.36. The molecule has 0 saturated heterocycles. The largest absolute Gasteiger partial charge is 0.396 e. The summed E-state index contributed by atoms with van der Waals surface area (Å²) in [5.74, 6) is 0.789. The molecule has 1 aliphatic carbocycles. The molecule has 1 heterocycles. The molecule has 1 unspecified atom stereocenters. The van der Waals surface area contributed by atoms with Crippen LogP contribution < -0.4 is 10.6 Å². The molecule has 0 bridgehead atoms. The number of aromatic nitrogens is 2. The van der Waals surface area contributed by atoms with Crippen molar-refractivity contribution in [1.82, 2.24) is 15.1 Å². The summed E-state index contributed by atoms with van der Waals surface area (Å²) in [6.07, 6.45) is 3.79. The molecule has 2 aromatic rings. The minimum absolute atomic E-state index is 0.0818. The minimum Gasteiger partial charge on any atom is -0.396 e. The first-order valence-electron chi connectivity index (χ1n) is 7.63. The predicted molar refractivity (Wildman–Crippen MR) is 83.8 cm³/mol. The van der Waals surface area contributed by atoms with Crippen LogP contribution in [0.4, 0.5) is 15.0 Å². The van der Waals surface area contributed by atoms with Gasteiger partial charge in [0.05, 0.1) is 11.9 Å². The van der Waals surface area contributed by atoms with Gasteiger partial charge in [0.2, 0.25) is 0 Å². The topological polar surface area (TPSA) is 79.2 Å². The number of amides is 2. The number of nitrogens with one attached hydrogen (secondary N) is 2. The second-order valence-electron chi connectivity index (χ2n) is 5.72. The zero-order valence-electron chi connectivity index (χ0n) is 12.6. The van der Waals surface area contributed by atoms with Crippen molar-refractivity contribution in [2.75, 3.05) is 18.5 Å². The summed E-state index contributed by atoms with van der Waals surface area (Å²) >= 11 is 0. The highest BCUT2D eigenvalue weighted by atomic mass is 19.1. The Balaban J connectivity index is 1.60. The number of benzene rings is 1. The van der Waals surface area contributed by atoms with Gasteiger partial charge >= 0.3 is 6.03 Å². The monoisotopic (exact) mass is 318 g/mol. The summed E-state index contributed by atoms with van der Waals surface area (Å²) in [5, 5.41) is 18.9. The summed E-state index contributed by atoms with van der Waals surface area (Å²) < 4.78 is 14.5. The van der Waals surface area contributed by atoms with Gasteiger partial charge in [0.25, 0.3) is 0 Å². The summed E-state index contributed by atoms with van der Waals surface area (Å²) in [6, 6.07) is 7.14. The Morgan fingerprint density at radius 2 is 2.09 bits per heavy atom. The van der Waals surface area contributed by atoms with Gasteiger partial charge < -0.3 is 10.4 Å². The molecule has 1 aliphatic rings.